The van der Waals surface area contributed by atoms with E-state index in [0.29, 0.717) is 6.61 Å². The van der Waals surface area contributed by atoms with Gasteiger partial charge in [0.2, 0.25) is 0 Å². The molecule has 1 fully saturated rings. The van der Waals surface area contributed by atoms with Crippen molar-refractivity contribution in [3.8, 4) is 5.75 Å². The fraction of sp³-hybridized carbons (Fsp3) is 0.320. The lowest BCUT2D eigenvalue weighted by Gasteiger charge is -2.34. The first-order valence-electron chi connectivity index (χ1n) is 10.6. The van der Waals surface area contributed by atoms with E-state index < -0.39 is 0 Å². The van der Waals surface area contributed by atoms with E-state index in [-0.39, 0.29) is 5.91 Å². The number of ether oxygens (including phenoxy) is 1. The Hall–Kier alpha value is -2.63. The standard InChI is InChI=1S/C25H28N2O2S/c1-2-20-8-10-23(11-9-20)29-18-22-16-24(30-19-22)25(28)27-14-12-26(13-15-27)17-21-6-4-3-5-7-21/h3-11,16,19H,2,12-15,17-18H2,1H3. The first kappa shape index (κ1) is 20.6. The minimum absolute atomic E-state index is 0.137. The third kappa shape index (κ3) is 5.29. The molecule has 156 valence electrons. The number of piperazine rings is 1. The number of carbonyl (C=O) groups is 1. The van der Waals surface area contributed by atoms with Crippen molar-refractivity contribution in [3.05, 3.63) is 87.6 Å². The average molecular weight is 421 g/mol. The van der Waals surface area contributed by atoms with Crippen LogP contribution in [0.1, 0.15) is 33.3 Å². The Morgan fingerprint density at radius 1 is 0.933 bits per heavy atom. The second-order valence-electron chi connectivity index (χ2n) is 7.66. The van der Waals surface area contributed by atoms with Crippen LogP contribution < -0.4 is 4.74 Å². The second kappa shape index (κ2) is 9.92. The molecule has 0 unspecified atom stereocenters. The molecule has 2 heterocycles. The highest BCUT2D eigenvalue weighted by Gasteiger charge is 2.23. The lowest BCUT2D eigenvalue weighted by Crippen LogP contribution is -2.48. The normalized spacial score (nSPS) is 14.6. The largest absolute Gasteiger partial charge is 0.489 e. The van der Waals surface area contributed by atoms with E-state index in [9.17, 15) is 4.79 Å². The van der Waals surface area contributed by atoms with Gasteiger partial charge in [0.1, 0.15) is 12.4 Å². The Morgan fingerprint density at radius 2 is 1.67 bits per heavy atom. The van der Waals surface area contributed by atoms with Gasteiger partial charge in [-0.3, -0.25) is 9.69 Å². The zero-order valence-corrected chi connectivity index (χ0v) is 18.2. The number of benzene rings is 2. The highest BCUT2D eigenvalue weighted by Crippen LogP contribution is 2.21. The number of hydrogen-bond donors (Lipinski definition) is 0. The maximum absolute atomic E-state index is 12.9. The van der Waals surface area contributed by atoms with Crippen molar-refractivity contribution in [3.63, 3.8) is 0 Å². The van der Waals surface area contributed by atoms with Gasteiger partial charge < -0.3 is 9.64 Å². The minimum atomic E-state index is 0.137. The average Bonchev–Trinajstić information content (AvgIpc) is 3.28. The molecular formula is C25H28N2O2S. The SMILES string of the molecule is CCc1ccc(OCc2csc(C(=O)N3CCN(Cc4ccccc4)CC3)c2)cc1. The lowest BCUT2D eigenvalue weighted by atomic mass is 10.2. The van der Waals surface area contributed by atoms with E-state index >= 15 is 0 Å². The third-order valence-electron chi connectivity index (χ3n) is 5.51. The van der Waals surface area contributed by atoms with Crippen LogP contribution in [0.5, 0.6) is 5.75 Å². The Morgan fingerprint density at radius 3 is 2.37 bits per heavy atom. The van der Waals surface area contributed by atoms with Gasteiger partial charge in [-0.2, -0.15) is 0 Å². The van der Waals surface area contributed by atoms with Crippen LogP contribution in [0, 0.1) is 0 Å². The molecular weight excluding hydrogens is 392 g/mol. The molecule has 1 amide bonds. The number of hydrogen-bond acceptors (Lipinski definition) is 4. The molecule has 0 N–H and O–H groups in total. The van der Waals surface area contributed by atoms with E-state index in [1.54, 1.807) is 0 Å². The first-order chi connectivity index (χ1) is 14.7. The molecule has 0 saturated carbocycles. The predicted molar refractivity (Wildman–Crippen MR) is 122 cm³/mol. The number of amides is 1. The molecule has 0 atom stereocenters. The van der Waals surface area contributed by atoms with Crippen LogP contribution in [-0.4, -0.2) is 41.9 Å². The number of rotatable bonds is 7. The molecule has 0 radical (unpaired) electrons. The zero-order valence-electron chi connectivity index (χ0n) is 17.4. The highest BCUT2D eigenvalue weighted by molar-refractivity contribution is 7.12. The van der Waals surface area contributed by atoms with Crippen LogP contribution >= 0.6 is 11.3 Å². The number of nitrogens with zero attached hydrogens (tertiary/aromatic N) is 2. The molecule has 1 aliphatic heterocycles. The van der Waals surface area contributed by atoms with E-state index in [4.69, 9.17) is 4.74 Å². The number of carbonyl (C=O) groups excluding carboxylic acids is 1. The van der Waals surface area contributed by atoms with Gasteiger partial charge in [-0.05, 0) is 41.1 Å². The van der Waals surface area contributed by atoms with Gasteiger partial charge >= 0.3 is 0 Å². The fourth-order valence-corrected chi connectivity index (χ4v) is 4.52. The summed E-state index contributed by atoms with van der Waals surface area (Å²) in [6, 6.07) is 20.7. The smallest absolute Gasteiger partial charge is 0.264 e. The minimum Gasteiger partial charge on any atom is -0.489 e. The van der Waals surface area contributed by atoms with Crippen LogP contribution in [0.25, 0.3) is 0 Å². The van der Waals surface area contributed by atoms with Crippen molar-refractivity contribution < 1.29 is 9.53 Å². The van der Waals surface area contributed by atoms with Crippen LogP contribution in [0.15, 0.2) is 66.0 Å². The molecule has 0 aliphatic carbocycles. The molecule has 0 bridgehead atoms. The highest BCUT2D eigenvalue weighted by atomic mass is 32.1. The van der Waals surface area contributed by atoms with Crippen molar-refractivity contribution in [2.24, 2.45) is 0 Å². The molecule has 1 saturated heterocycles. The summed E-state index contributed by atoms with van der Waals surface area (Å²) in [6.07, 6.45) is 1.02. The van der Waals surface area contributed by atoms with E-state index in [0.717, 1.165) is 55.3 Å². The van der Waals surface area contributed by atoms with Crippen LogP contribution in [0.2, 0.25) is 0 Å². The molecule has 30 heavy (non-hydrogen) atoms. The Labute approximate surface area is 182 Å². The van der Waals surface area contributed by atoms with Crippen molar-refractivity contribution in [2.45, 2.75) is 26.5 Å². The molecule has 2 aromatic carbocycles. The van der Waals surface area contributed by atoms with E-state index in [2.05, 4.69) is 48.2 Å². The van der Waals surface area contributed by atoms with Crippen molar-refractivity contribution >= 4 is 17.2 Å². The van der Waals surface area contributed by atoms with Crippen LogP contribution in [-0.2, 0) is 19.6 Å². The van der Waals surface area contributed by atoms with Crippen LogP contribution in [0.4, 0.5) is 0 Å². The topological polar surface area (TPSA) is 32.8 Å². The Bertz CT molecular complexity index is 945. The quantitative estimate of drug-likeness (QED) is 0.548. The van der Waals surface area contributed by atoms with Gasteiger partial charge in [0.15, 0.2) is 0 Å². The fourth-order valence-electron chi connectivity index (χ4n) is 3.66. The number of thiophene rings is 1. The van der Waals surface area contributed by atoms with Crippen molar-refractivity contribution in [1.82, 2.24) is 9.80 Å². The van der Waals surface area contributed by atoms with Gasteiger partial charge in [-0.15, -0.1) is 11.3 Å². The Kier molecular flexibility index (Phi) is 6.82. The summed E-state index contributed by atoms with van der Waals surface area (Å²) < 4.78 is 5.88. The van der Waals surface area contributed by atoms with Crippen molar-refractivity contribution in [1.29, 1.82) is 0 Å². The van der Waals surface area contributed by atoms with E-state index in [1.807, 2.05) is 34.5 Å². The second-order valence-corrected chi connectivity index (χ2v) is 8.57. The number of aryl methyl sites for hydroxylation is 1. The van der Waals surface area contributed by atoms with Crippen LogP contribution in [0.3, 0.4) is 0 Å². The monoisotopic (exact) mass is 420 g/mol. The maximum Gasteiger partial charge on any atom is 0.264 e. The summed E-state index contributed by atoms with van der Waals surface area (Å²) in [4.78, 5) is 18.1. The molecule has 5 heteroatoms. The first-order valence-corrected chi connectivity index (χ1v) is 11.4. The van der Waals surface area contributed by atoms with E-state index in [1.165, 1.54) is 22.5 Å². The zero-order chi connectivity index (χ0) is 20.8. The summed E-state index contributed by atoms with van der Waals surface area (Å²) >= 11 is 1.51. The third-order valence-corrected chi connectivity index (χ3v) is 6.48. The van der Waals surface area contributed by atoms with Gasteiger partial charge in [-0.1, -0.05) is 49.4 Å². The van der Waals surface area contributed by atoms with Gasteiger partial charge in [0.05, 0.1) is 4.88 Å². The molecule has 4 nitrogen and oxygen atoms in total. The predicted octanol–water partition coefficient (Wildman–Crippen LogP) is 4.85. The summed E-state index contributed by atoms with van der Waals surface area (Å²) in [6.45, 7) is 6.95. The molecule has 3 aromatic rings. The summed E-state index contributed by atoms with van der Waals surface area (Å²) in [5.41, 5.74) is 3.67. The maximum atomic E-state index is 12.9. The molecule has 0 spiro atoms. The van der Waals surface area contributed by atoms with Gasteiger partial charge in [0, 0.05) is 38.3 Å². The Balaban J connectivity index is 1.26. The molecule has 4 rings (SSSR count). The summed E-state index contributed by atoms with van der Waals surface area (Å²) in [7, 11) is 0. The lowest BCUT2D eigenvalue weighted by molar-refractivity contribution is 0.0633. The summed E-state index contributed by atoms with van der Waals surface area (Å²) in [5.74, 6) is 0.999. The van der Waals surface area contributed by atoms with Crippen molar-refractivity contribution in [2.75, 3.05) is 26.2 Å². The van der Waals surface area contributed by atoms with Gasteiger partial charge in [0.25, 0.3) is 5.91 Å². The summed E-state index contributed by atoms with van der Waals surface area (Å²) in [5, 5.41) is 2.03. The molecule has 1 aromatic heterocycles. The van der Waals surface area contributed by atoms with Gasteiger partial charge in [-0.25, -0.2) is 0 Å². The molecule has 1 aliphatic rings.